The minimum atomic E-state index is -4.50. The van der Waals surface area contributed by atoms with Crippen molar-refractivity contribution in [2.45, 2.75) is 31.9 Å². The highest BCUT2D eigenvalue weighted by Gasteiger charge is 2.32. The molecule has 0 bridgehead atoms. The highest BCUT2D eigenvalue weighted by Crippen LogP contribution is 2.33. The fourth-order valence-corrected chi connectivity index (χ4v) is 6.16. The van der Waals surface area contributed by atoms with Crippen LogP contribution in [0.3, 0.4) is 0 Å². The van der Waals surface area contributed by atoms with Crippen LogP contribution in [0, 0.1) is 5.82 Å². The van der Waals surface area contributed by atoms with Gasteiger partial charge in [0.2, 0.25) is 5.91 Å². The third-order valence-electron chi connectivity index (χ3n) is 7.54. The Hall–Kier alpha value is -3.38. The van der Waals surface area contributed by atoms with Crippen molar-refractivity contribution in [2.75, 3.05) is 55.7 Å². The van der Waals surface area contributed by atoms with Crippen LogP contribution in [0.15, 0.2) is 41.8 Å². The Bertz CT molecular complexity index is 1390. The van der Waals surface area contributed by atoms with Gasteiger partial charge in [-0.05, 0) is 53.6 Å². The number of carbonyl (C=O) groups excluding carboxylic acids is 1. The van der Waals surface area contributed by atoms with Crippen LogP contribution in [-0.2, 0) is 17.6 Å². The largest absolute Gasteiger partial charge is 0.465 e. The summed E-state index contributed by atoms with van der Waals surface area (Å²) in [4.78, 5) is 30.8. The van der Waals surface area contributed by atoms with E-state index in [1.54, 1.807) is 12.1 Å². The van der Waals surface area contributed by atoms with Crippen LogP contribution in [-0.4, -0.2) is 79.0 Å². The van der Waals surface area contributed by atoms with Crippen molar-refractivity contribution in [1.82, 2.24) is 9.80 Å². The highest BCUT2D eigenvalue weighted by molar-refractivity contribution is 7.17. The molecule has 1 aromatic heterocycles. The highest BCUT2D eigenvalue weighted by atomic mass is 32.1. The van der Waals surface area contributed by atoms with Crippen molar-refractivity contribution in [2.24, 2.45) is 0 Å². The van der Waals surface area contributed by atoms with E-state index in [1.807, 2.05) is 29.6 Å². The summed E-state index contributed by atoms with van der Waals surface area (Å²) in [6.07, 6.45) is -5.91. The Morgan fingerprint density at radius 1 is 1.02 bits per heavy atom. The van der Waals surface area contributed by atoms with Gasteiger partial charge < -0.3 is 10.0 Å². The molecule has 1 N–H and O–H groups in total. The molecule has 0 saturated carbocycles. The maximum absolute atomic E-state index is 14.1. The number of amides is 2. The zero-order chi connectivity index (χ0) is 28.4. The van der Waals surface area contributed by atoms with Gasteiger partial charge in [0.15, 0.2) is 0 Å². The number of benzene rings is 2. The van der Waals surface area contributed by atoms with Gasteiger partial charge in [0.1, 0.15) is 12.5 Å². The first kappa shape index (κ1) is 28.2. The van der Waals surface area contributed by atoms with E-state index in [-0.39, 0.29) is 18.1 Å². The van der Waals surface area contributed by atoms with Crippen molar-refractivity contribution >= 4 is 44.8 Å². The Kier molecular flexibility index (Phi) is 8.18. The Morgan fingerprint density at radius 3 is 2.52 bits per heavy atom. The second-order valence-electron chi connectivity index (χ2n) is 10.2. The number of hydrogen-bond acceptors (Lipinski definition) is 5. The summed E-state index contributed by atoms with van der Waals surface area (Å²) < 4.78 is 53.2. The quantitative estimate of drug-likeness (QED) is 0.354. The second kappa shape index (κ2) is 11.6. The first-order valence-corrected chi connectivity index (χ1v) is 14.1. The molecule has 2 aliphatic rings. The van der Waals surface area contributed by atoms with Crippen LogP contribution in [0.4, 0.5) is 33.7 Å². The van der Waals surface area contributed by atoms with Gasteiger partial charge in [0, 0.05) is 67.2 Å². The van der Waals surface area contributed by atoms with Crippen LogP contribution < -0.4 is 9.80 Å². The summed E-state index contributed by atoms with van der Waals surface area (Å²) in [5, 5.41) is 12.5. The lowest BCUT2D eigenvalue weighted by atomic mass is 9.98. The van der Waals surface area contributed by atoms with E-state index >= 15 is 0 Å². The molecule has 2 amide bonds. The summed E-state index contributed by atoms with van der Waals surface area (Å²) in [6.45, 7) is 2.74. The van der Waals surface area contributed by atoms with E-state index in [9.17, 15) is 32.3 Å². The number of carboxylic acid groups (broad SMARTS) is 1. The molecule has 2 aliphatic heterocycles. The molecule has 40 heavy (non-hydrogen) atoms. The fraction of sp³-hybridized carbons (Fsp3) is 0.429. The average Bonchev–Trinajstić information content (AvgIpc) is 3.38. The van der Waals surface area contributed by atoms with Gasteiger partial charge in [-0.15, -0.1) is 11.3 Å². The second-order valence-corrected chi connectivity index (χ2v) is 11.1. The van der Waals surface area contributed by atoms with Gasteiger partial charge in [0.05, 0.1) is 6.42 Å². The molecule has 0 radical (unpaired) electrons. The molecule has 2 aromatic carbocycles. The number of carbonyl (C=O) groups is 2. The number of piperazine rings is 1. The Morgan fingerprint density at radius 2 is 1.80 bits per heavy atom. The van der Waals surface area contributed by atoms with Gasteiger partial charge in [-0.2, -0.15) is 13.2 Å². The zero-order valence-electron chi connectivity index (χ0n) is 21.8. The summed E-state index contributed by atoms with van der Waals surface area (Å²) >= 11 is 1.53. The molecule has 3 heterocycles. The predicted molar refractivity (Wildman–Crippen MR) is 147 cm³/mol. The predicted octanol–water partition coefficient (Wildman–Crippen LogP) is 5.57. The van der Waals surface area contributed by atoms with E-state index < -0.39 is 31.9 Å². The number of alkyl halides is 3. The van der Waals surface area contributed by atoms with Crippen molar-refractivity contribution in [3.8, 4) is 0 Å². The van der Waals surface area contributed by atoms with Crippen LogP contribution in [0.1, 0.15) is 24.0 Å². The Labute approximate surface area is 233 Å². The normalized spacial score (nSPS) is 16.4. The van der Waals surface area contributed by atoms with E-state index in [0.29, 0.717) is 23.4 Å². The van der Waals surface area contributed by atoms with Crippen molar-refractivity contribution in [3.63, 3.8) is 0 Å². The molecule has 12 heteroatoms. The number of anilines is 2. The maximum Gasteiger partial charge on any atom is 0.408 e. The van der Waals surface area contributed by atoms with Gasteiger partial charge in [-0.25, -0.2) is 9.18 Å². The molecule has 0 spiro atoms. The maximum atomic E-state index is 14.1. The average molecular weight is 579 g/mol. The number of hydrogen-bond donors (Lipinski definition) is 1. The van der Waals surface area contributed by atoms with E-state index in [0.717, 1.165) is 59.6 Å². The van der Waals surface area contributed by atoms with E-state index in [4.69, 9.17) is 0 Å². The smallest absolute Gasteiger partial charge is 0.408 e. The van der Waals surface area contributed by atoms with Crippen molar-refractivity contribution in [3.05, 3.63) is 58.7 Å². The third kappa shape index (κ3) is 6.49. The molecule has 1 fully saturated rings. The zero-order valence-corrected chi connectivity index (χ0v) is 22.6. The Balaban J connectivity index is 1.21. The van der Waals surface area contributed by atoms with Gasteiger partial charge in [-0.3, -0.25) is 19.5 Å². The summed E-state index contributed by atoms with van der Waals surface area (Å²) in [7, 11) is 0. The summed E-state index contributed by atoms with van der Waals surface area (Å²) in [6, 6.07) is 10.9. The molecular formula is C28H30F4N4O3S. The first-order valence-electron chi connectivity index (χ1n) is 13.2. The minimum Gasteiger partial charge on any atom is -0.465 e. The number of halogens is 4. The van der Waals surface area contributed by atoms with Crippen molar-refractivity contribution in [1.29, 1.82) is 0 Å². The molecule has 0 aliphatic carbocycles. The third-order valence-corrected chi connectivity index (χ3v) is 8.41. The summed E-state index contributed by atoms with van der Waals surface area (Å²) in [5.41, 5.74) is 3.31. The van der Waals surface area contributed by atoms with E-state index in [1.165, 1.54) is 16.2 Å². The van der Waals surface area contributed by atoms with Gasteiger partial charge in [0.25, 0.3) is 0 Å². The van der Waals surface area contributed by atoms with Crippen molar-refractivity contribution < 1.29 is 32.3 Å². The molecule has 7 nitrogen and oxygen atoms in total. The molecule has 3 aromatic rings. The number of thiophene rings is 1. The minimum absolute atomic E-state index is 0.173. The molecule has 5 rings (SSSR count). The van der Waals surface area contributed by atoms with E-state index in [2.05, 4.69) is 9.80 Å². The monoisotopic (exact) mass is 578 g/mol. The molecule has 0 atom stereocenters. The molecule has 214 valence electrons. The van der Waals surface area contributed by atoms with Crippen LogP contribution in [0.25, 0.3) is 10.1 Å². The van der Waals surface area contributed by atoms with Crippen LogP contribution in [0.5, 0.6) is 0 Å². The number of fused-ring (bicyclic) bond motifs is 2. The van der Waals surface area contributed by atoms with Crippen LogP contribution in [0.2, 0.25) is 0 Å². The molecule has 1 saturated heterocycles. The lowest BCUT2D eigenvalue weighted by molar-refractivity contribution is -0.136. The number of rotatable bonds is 8. The SMILES string of the molecule is O=C(O)N(CCC(F)(F)F)CN1C(=O)CCc2ccc(CCN3CCN(c4cc(F)cc5sccc45)CC3)cc21. The standard InChI is InChI=1S/C28H30F4N4O3S/c29-21-16-24(22-6-14-40-25(22)17-21)34-12-10-33(11-13-34)8-5-19-1-2-20-3-4-26(37)36(23(20)15-19)18-35(27(38)39)9-7-28(30,31)32/h1-2,6,14-17H,3-5,7-13,18H2,(H,38,39). The van der Waals surface area contributed by atoms with Gasteiger partial charge >= 0.3 is 12.3 Å². The molecule has 0 unspecified atom stereocenters. The number of nitrogens with zero attached hydrogens (tertiary/aromatic N) is 4. The first-order chi connectivity index (χ1) is 19.1. The lowest BCUT2D eigenvalue weighted by Gasteiger charge is -2.36. The van der Waals surface area contributed by atoms with Crippen LogP contribution >= 0.6 is 11.3 Å². The van der Waals surface area contributed by atoms with Gasteiger partial charge in [-0.1, -0.05) is 12.1 Å². The summed E-state index contributed by atoms with van der Waals surface area (Å²) in [5.74, 6) is -0.546. The fourth-order valence-electron chi connectivity index (χ4n) is 5.33. The lowest BCUT2D eigenvalue weighted by Crippen LogP contribution is -2.47. The topological polar surface area (TPSA) is 67.3 Å². The number of aryl methyl sites for hydroxylation is 1. The molecular weight excluding hydrogens is 548 g/mol.